The first kappa shape index (κ1) is 16.0. The van der Waals surface area contributed by atoms with Gasteiger partial charge < -0.3 is 14.7 Å². The fraction of sp³-hybridized carbons (Fsp3) is 0.375. The van der Waals surface area contributed by atoms with E-state index in [1.165, 1.54) is 18.0 Å². The maximum atomic E-state index is 11.8. The molecule has 8 nitrogen and oxygen atoms in total. The van der Waals surface area contributed by atoms with Gasteiger partial charge in [0.2, 0.25) is 0 Å². The molecular formula is C16H19N5O3. The zero-order chi connectivity index (χ0) is 16.8. The van der Waals surface area contributed by atoms with E-state index in [0.29, 0.717) is 12.5 Å². The van der Waals surface area contributed by atoms with Crippen LogP contribution in [0, 0.1) is 5.92 Å². The molecule has 1 saturated heterocycles. The van der Waals surface area contributed by atoms with Gasteiger partial charge in [0, 0.05) is 43.8 Å². The van der Waals surface area contributed by atoms with E-state index in [9.17, 15) is 9.59 Å². The quantitative estimate of drug-likeness (QED) is 0.813. The first-order chi connectivity index (χ1) is 11.7. The third-order valence-corrected chi connectivity index (χ3v) is 4.08. The summed E-state index contributed by atoms with van der Waals surface area (Å²) in [6.07, 6.45) is 6.83. The van der Waals surface area contributed by atoms with Crippen molar-refractivity contribution in [3.05, 3.63) is 36.9 Å². The summed E-state index contributed by atoms with van der Waals surface area (Å²) in [4.78, 5) is 29.8. The summed E-state index contributed by atoms with van der Waals surface area (Å²) >= 11 is 0. The SMILES string of the molecule is O=C(NCC1CCN(c2ccncc2)CC1)C(=O)Nc1ccon1. The Bertz CT molecular complexity index is 666. The number of rotatable bonds is 4. The number of nitrogens with one attached hydrogen (secondary N) is 2. The smallest absolute Gasteiger partial charge is 0.314 e. The molecule has 2 N–H and O–H groups in total. The minimum absolute atomic E-state index is 0.223. The number of carbonyl (C=O) groups is 2. The molecule has 1 aliphatic rings. The lowest BCUT2D eigenvalue weighted by Crippen LogP contribution is -2.41. The second-order valence-electron chi connectivity index (χ2n) is 5.68. The van der Waals surface area contributed by atoms with E-state index in [2.05, 4.69) is 30.2 Å². The van der Waals surface area contributed by atoms with Gasteiger partial charge >= 0.3 is 11.8 Å². The van der Waals surface area contributed by atoms with E-state index in [4.69, 9.17) is 0 Å². The van der Waals surface area contributed by atoms with Crippen LogP contribution in [0.2, 0.25) is 0 Å². The van der Waals surface area contributed by atoms with Crippen LogP contribution in [0.5, 0.6) is 0 Å². The van der Waals surface area contributed by atoms with Gasteiger partial charge in [-0.2, -0.15) is 0 Å². The van der Waals surface area contributed by atoms with Crippen molar-refractivity contribution in [1.29, 1.82) is 0 Å². The Hall–Kier alpha value is -2.90. The van der Waals surface area contributed by atoms with Crippen LogP contribution < -0.4 is 15.5 Å². The highest BCUT2D eigenvalue weighted by atomic mass is 16.5. The van der Waals surface area contributed by atoms with Crippen molar-refractivity contribution in [1.82, 2.24) is 15.5 Å². The normalized spacial score (nSPS) is 15.1. The monoisotopic (exact) mass is 329 g/mol. The molecule has 0 aromatic carbocycles. The lowest BCUT2D eigenvalue weighted by Gasteiger charge is -2.33. The van der Waals surface area contributed by atoms with E-state index < -0.39 is 11.8 Å². The third kappa shape index (κ3) is 4.09. The van der Waals surface area contributed by atoms with Crippen LogP contribution in [-0.4, -0.2) is 41.6 Å². The second kappa shape index (κ2) is 7.58. The van der Waals surface area contributed by atoms with Gasteiger partial charge in [-0.15, -0.1) is 0 Å². The molecule has 0 aliphatic carbocycles. The van der Waals surface area contributed by atoms with Crippen molar-refractivity contribution in [3.8, 4) is 0 Å². The molecular weight excluding hydrogens is 310 g/mol. The average Bonchev–Trinajstić information content (AvgIpc) is 3.14. The molecule has 2 amide bonds. The topological polar surface area (TPSA) is 100 Å². The molecule has 8 heteroatoms. The zero-order valence-corrected chi connectivity index (χ0v) is 13.1. The molecule has 3 rings (SSSR count). The van der Waals surface area contributed by atoms with Crippen molar-refractivity contribution in [2.75, 3.05) is 29.9 Å². The van der Waals surface area contributed by atoms with Gasteiger partial charge in [0.1, 0.15) is 6.26 Å². The molecule has 24 heavy (non-hydrogen) atoms. The van der Waals surface area contributed by atoms with E-state index >= 15 is 0 Å². The first-order valence-electron chi connectivity index (χ1n) is 7.87. The molecule has 1 aliphatic heterocycles. The fourth-order valence-corrected chi connectivity index (χ4v) is 2.72. The molecule has 0 spiro atoms. The summed E-state index contributed by atoms with van der Waals surface area (Å²) in [5, 5.41) is 8.58. The number of hydrogen-bond donors (Lipinski definition) is 2. The fourth-order valence-electron chi connectivity index (χ4n) is 2.72. The van der Waals surface area contributed by atoms with Crippen LogP contribution in [0.15, 0.2) is 41.4 Å². The van der Waals surface area contributed by atoms with Crippen LogP contribution in [0.3, 0.4) is 0 Å². The Morgan fingerprint density at radius 1 is 1.17 bits per heavy atom. The molecule has 2 aromatic rings. The van der Waals surface area contributed by atoms with Gasteiger partial charge in [0.05, 0.1) is 0 Å². The van der Waals surface area contributed by atoms with E-state index in [1.807, 2.05) is 12.1 Å². The molecule has 1 fully saturated rings. The molecule has 0 radical (unpaired) electrons. The summed E-state index contributed by atoms with van der Waals surface area (Å²) < 4.78 is 4.59. The number of piperidine rings is 1. The standard InChI is InChI=1S/C16H19N5O3/c22-15(16(23)19-14-5-10-24-20-14)18-11-12-3-8-21(9-4-12)13-1-6-17-7-2-13/h1-2,5-7,10,12H,3-4,8-9,11H2,(H,18,22)(H,19,20,23). The van der Waals surface area contributed by atoms with E-state index in [1.54, 1.807) is 12.4 Å². The molecule has 3 heterocycles. The number of carbonyl (C=O) groups excluding carboxylic acids is 2. The Balaban J connectivity index is 1.40. The van der Waals surface area contributed by atoms with Crippen LogP contribution in [0.25, 0.3) is 0 Å². The second-order valence-corrected chi connectivity index (χ2v) is 5.68. The summed E-state index contributed by atoms with van der Waals surface area (Å²) in [5.74, 6) is -0.805. The first-order valence-corrected chi connectivity index (χ1v) is 7.87. The predicted octanol–water partition coefficient (Wildman–Crippen LogP) is 1.04. The van der Waals surface area contributed by atoms with Crippen LogP contribution in [0.4, 0.5) is 11.5 Å². The number of aromatic nitrogens is 2. The van der Waals surface area contributed by atoms with Gasteiger partial charge in [-0.1, -0.05) is 5.16 Å². The number of nitrogens with zero attached hydrogens (tertiary/aromatic N) is 3. The lowest BCUT2D eigenvalue weighted by molar-refractivity contribution is -0.136. The Morgan fingerprint density at radius 3 is 2.58 bits per heavy atom. The third-order valence-electron chi connectivity index (χ3n) is 4.08. The highest BCUT2D eigenvalue weighted by Gasteiger charge is 2.21. The van der Waals surface area contributed by atoms with Crippen molar-refractivity contribution in [3.63, 3.8) is 0 Å². The predicted molar refractivity (Wildman–Crippen MR) is 87.3 cm³/mol. The van der Waals surface area contributed by atoms with Crippen molar-refractivity contribution in [2.45, 2.75) is 12.8 Å². The van der Waals surface area contributed by atoms with Crippen LogP contribution in [-0.2, 0) is 9.59 Å². The minimum atomic E-state index is -0.738. The van der Waals surface area contributed by atoms with E-state index in [0.717, 1.165) is 25.9 Å². The Morgan fingerprint density at radius 2 is 1.92 bits per heavy atom. The summed E-state index contributed by atoms with van der Waals surface area (Å²) in [7, 11) is 0. The molecule has 2 aromatic heterocycles. The molecule has 0 saturated carbocycles. The van der Waals surface area contributed by atoms with Crippen molar-refractivity contribution < 1.29 is 14.1 Å². The molecule has 0 atom stereocenters. The summed E-state index contributed by atoms with van der Waals surface area (Å²) in [6.45, 7) is 2.35. The Kier molecular flexibility index (Phi) is 5.05. The van der Waals surface area contributed by atoms with Gasteiger partial charge in [0.15, 0.2) is 5.82 Å². The largest absolute Gasteiger partial charge is 0.371 e. The highest BCUT2D eigenvalue weighted by Crippen LogP contribution is 2.22. The number of amides is 2. The zero-order valence-electron chi connectivity index (χ0n) is 13.1. The van der Waals surface area contributed by atoms with Crippen LogP contribution in [0.1, 0.15) is 12.8 Å². The maximum Gasteiger partial charge on any atom is 0.314 e. The number of hydrogen-bond acceptors (Lipinski definition) is 6. The summed E-state index contributed by atoms with van der Waals surface area (Å²) in [5.41, 5.74) is 1.17. The number of pyridine rings is 1. The molecule has 0 bridgehead atoms. The van der Waals surface area contributed by atoms with Crippen molar-refractivity contribution >= 4 is 23.3 Å². The maximum absolute atomic E-state index is 11.8. The van der Waals surface area contributed by atoms with Crippen molar-refractivity contribution in [2.24, 2.45) is 5.92 Å². The van der Waals surface area contributed by atoms with Gasteiger partial charge in [0.25, 0.3) is 0 Å². The highest BCUT2D eigenvalue weighted by molar-refractivity contribution is 6.39. The molecule has 0 unspecified atom stereocenters. The van der Waals surface area contributed by atoms with E-state index in [-0.39, 0.29) is 5.82 Å². The molecule has 126 valence electrons. The van der Waals surface area contributed by atoms with Gasteiger partial charge in [-0.3, -0.25) is 19.9 Å². The summed E-state index contributed by atoms with van der Waals surface area (Å²) in [6, 6.07) is 5.46. The van der Waals surface area contributed by atoms with Gasteiger partial charge in [-0.05, 0) is 30.9 Å². The van der Waals surface area contributed by atoms with Gasteiger partial charge in [-0.25, -0.2) is 0 Å². The lowest BCUT2D eigenvalue weighted by atomic mass is 9.96. The number of anilines is 2. The van der Waals surface area contributed by atoms with Crippen LogP contribution >= 0.6 is 0 Å². The average molecular weight is 329 g/mol. The Labute approximate surface area is 139 Å². The minimum Gasteiger partial charge on any atom is -0.371 e.